The van der Waals surface area contributed by atoms with Gasteiger partial charge in [0.05, 0.1) is 6.20 Å². The summed E-state index contributed by atoms with van der Waals surface area (Å²) in [4.78, 5) is 14.7. The summed E-state index contributed by atoms with van der Waals surface area (Å²) >= 11 is 5.76. The van der Waals surface area contributed by atoms with Crippen molar-refractivity contribution in [3.8, 4) is 0 Å². The number of imidazole rings is 1. The van der Waals surface area contributed by atoms with Crippen molar-refractivity contribution in [2.75, 3.05) is 0 Å². The highest BCUT2D eigenvalue weighted by Crippen LogP contribution is 2.14. The SMILES string of the molecule is O=C(O)c1cccc2ncc(Cl)n12. The number of halogens is 1. The van der Waals surface area contributed by atoms with Crippen molar-refractivity contribution in [2.24, 2.45) is 0 Å². The molecule has 2 rings (SSSR count). The summed E-state index contributed by atoms with van der Waals surface area (Å²) in [5, 5.41) is 9.12. The molecule has 0 aromatic carbocycles. The summed E-state index contributed by atoms with van der Waals surface area (Å²) in [5.41, 5.74) is 0.643. The molecule has 66 valence electrons. The van der Waals surface area contributed by atoms with Gasteiger partial charge >= 0.3 is 5.97 Å². The molecule has 0 aliphatic carbocycles. The van der Waals surface area contributed by atoms with Crippen molar-refractivity contribution in [3.63, 3.8) is 0 Å². The fourth-order valence-corrected chi connectivity index (χ4v) is 1.39. The number of fused-ring (bicyclic) bond motifs is 1. The zero-order valence-electron chi connectivity index (χ0n) is 6.44. The van der Waals surface area contributed by atoms with E-state index in [-0.39, 0.29) is 5.69 Å². The van der Waals surface area contributed by atoms with E-state index in [4.69, 9.17) is 16.7 Å². The van der Waals surface area contributed by atoms with E-state index in [2.05, 4.69) is 4.98 Å². The lowest BCUT2D eigenvalue weighted by atomic mass is 10.3. The van der Waals surface area contributed by atoms with Gasteiger partial charge in [-0.1, -0.05) is 17.7 Å². The molecule has 0 amide bonds. The van der Waals surface area contributed by atoms with Gasteiger partial charge in [-0.2, -0.15) is 0 Å². The van der Waals surface area contributed by atoms with Gasteiger partial charge in [-0.25, -0.2) is 9.78 Å². The summed E-state index contributed by atoms with van der Waals surface area (Å²) in [6.45, 7) is 0. The van der Waals surface area contributed by atoms with Crippen LogP contribution < -0.4 is 0 Å². The van der Waals surface area contributed by atoms with Gasteiger partial charge in [0.2, 0.25) is 0 Å². The third kappa shape index (κ3) is 1.15. The molecule has 0 bridgehead atoms. The van der Waals surface area contributed by atoms with Gasteiger partial charge in [0.1, 0.15) is 16.5 Å². The number of hydrogen-bond acceptors (Lipinski definition) is 2. The minimum atomic E-state index is -1.02. The number of hydrogen-bond donors (Lipinski definition) is 1. The molecule has 0 unspecified atom stereocenters. The Kier molecular flexibility index (Phi) is 1.70. The molecule has 13 heavy (non-hydrogen) atoms. The van der Waals surface area contributed by atoms with Gasteiger partial charge in [0, 0.05) is 0 Å². The van der Waals surface area contributed by atoms with E-state index in [1.807, 2.05) is 0 Å². The molecule has 0 saturated carbocycles. The second-order valence-electron chi connectivity index (χ2n) is 2.49. The van der Waals surface area contributed by atoms with E-state index in [9.17, 15) is 4.79 Å². The minimum Gasteiger partial charge on any atom is -0.477 e. The quantitative estimate of drug-likeness (QED) is 0.755. The number of pyridine rings is 1. The van der Waals surface area contributed by atoms with Gasteiger partial charge in [-0.3, -0.25) is 4.40 Å². The van der Waals surface area contributed by atoms with Crippen molar-refractivity contribution >= 4 is 23.2 Å². The van der Waals surface area contributed by atoms with E-state index in [0.717, 1.165) is 0 Å². The van der Waals surface area contributed by atoms with Crippen LogP contribution in [0.4, 0.5) is 0 Å². The van der Waals surface area contributed by atoms with Gasteiger partial charge in [0.15, 0.2) is 0 Å². The summed E-state index contributed by atoms with van der Waals surface area (Å²) in [7, 11) is 0. The zero-order chi connectivity index (χ0) is 9.42. The van der Waals surface area contributed by atoms with Crippen LogP contribution in [0, 0.1) is 0 Å². The molecule has 0 fully saturated rings. The third-order valence-electron chi connectivity index (χ3n) is 1.71. The predicted octanol–water partition coefficient (Wildman–Crippen LogP) is 1.69. The van der Waals surface area contributed by atoms with Crippen LogP contribution in [-0.2, 0) is 0 Å². The molecule has 0 radical (unpaired) electrons. The summed E-state index contributed by atoms with van der Waals surface area (Å²) < 4.78 is 1.38. The Hall–Kier alpha value is -1.55. The van der Waals surface area contributed by atoms with Crippen molar-refractivity contribution in [1.29, 1.82) is 0 Å². The normalized spacial score (nSPS) is 10.5. The summed E-state index contributed by atoms with van der Waals surface area (Å²) in [5.74, 6) is -1.02. The molecule has 2 aromatic rings. The van der Waals surface area contributed by atoms with Crippen LogP contribution >= 0.6 is 11.6 Å². The first-order valence-corrected chi connectivity index (χ1v) is 3.93. The number of carboxylic acid groups (broad SMARTS) is 1. The smallest absolute Gasteiger partial charge is 0.352 e. The van der Waals surface area contributed by atoms with E-state index in [1.165, 1.54) is 16.7 Å². The Labute approximate surface area is 78.4 Å². The molecule has 2 aromatic heterocycles. The highest BCUT2D eigenvalue weighted by Gasteiger charge is 2.10. The lowest BCUT2D eigenvalue weighted by molar-refractivity contribution is 0.0689. The van der Waals surface area contributed by atoms with E-state index in [0.29, 0.717) is 10.8 Å². The highest BCUT2D eigenvalue weighted by molar-refractivity contribution is 6.30. The third-order valence-corrected chi connectivity index (χ3v) is 1.97. The topological polar surface area (TPSA) is 54.6 Å². The van der Waals surface area contributed by atoms with Crippen molar-refractivity contribution < 1.29 is 9.90 Å². The number of carboxylic acids is 1. The number of nitrogens with zero attached hydrogens (tertiary/aromatic N) is 2. The average molecular weight is 197 g/mol. The van der Waals surface area contributed by atoms with E-state index < -0.39 is 5.97 Å². The van der Waals surface area contributed by atoms with Crippen LogP contribution in [0.2, 0.25) is 5.15 Å². The zero-order valence-corrected chi connectivity index (χ0v) is 7.19. The predicted molar refractivity (Wildman–Crippen MR) is 47.2 cm³/mol. The van der Waals surface area contributed by atoms with Gasteiger partial charge in [0.25, 0.3) is 0 Å². The van der Waals surface area contributed by atoms with Crippen LogP contribution in [-0.4, -0.2) is 20.5 Å². The lowest BCUT2D eigenvalue weighted by Gasteiger charge is -1.99. The largest absolute Gasteiger partial charge is 0.477 e. The Morgan fingerprint density at radius 2 is 2.31 bits per heavy atom. The molecule has 0 aliphatic heterocycles. The number of rotatable bonds is 1. The van der Waals surface area contributed by atoms with Crippen LogP contribution in [0.1, 0.15) is 10.5 Å². The molecule has 2 heterocycles. The Balaban J connectivity index is 2.88. The maximum absolute atomic E-state index is 10.8. The molecule has 0 spiro atoms. The molecule has 4 nitrogen and oxygen atoms in total. The fourth-order valence-electron chi connectivity index (χ4n) is 1.17. The Morgan fingerprint density at radius 3 is 3.00 bits per heavy atom. The maximum Gasteiger partial charge on any atom is 0.352 e. The molecule has 1 N–H and O–H groups in total. The lowest BCUT2D eigenvalue weighted by Crippen LogP contribution is -2.04. The van der Waals surface area contributed by atoms with Crippen molar-refractivity contribution in [1.82, 2.24) is 9.38 Å². The second kappa shape index (κ2) is 2.74. The number of aromatic nitrogens is 2. The molecule has 0 atom stereocenters. The van der Waals surface area contributed by atoms with Gasteiger partial charge < -0.3 is 5.11 Å². The first-order chi connectivity index (χ1) is 6.20. The fraction of sp³-hybridized carbons (Fsp3) is 0. The van der Waals surface area contributed by atoms with Crippen molar-refractivity contribution in [3.05, 3.63) is 35.2 Å². The average Bonchev–Trinajstić information content (AvgIpc) is 2.48. The van der Waals surface area contributed by atoms with Crippen LogP contribution in [0.15, 0.2) is 24.4 Å². The van der Waals surface area contributed by atoms with Crippen LogP contribution in [0.5, 0.6) is 0 Å². The Morgan fingerprint density at radius 1 is 1.54 bits per heavy atom. The van der Waals surface area contributed by atoms with Gasteiger partial charge in [-0.05, 0) is 12.1 Å². The monoisotopic (exact) mass is 196 g/mol. The Bertz CT molecular complexity index is 478. The van der Waals surface area contributed by atoms with Crippen LogP contribution in [0.25, 0.3) is 5.65 Å². The molecule has 0 saturated heterocycles. The first-order valence-electron chi connectivity index (χ1n) is 3.55. The van der Waals surface area contributed by atoms with Gasteiger partial charge in [-0.15, -0.1) is 0 Å². The second-order valence-corrected chi connectivity index (χ2v) is 2.88. The van der Waals surface area contributed by atoms with Crippen molar-refractivity contribution in [2.45, 2.75) is 0 Å². The van der Waals surface area contributed by atoms with E-state index in [1.54, 1.807) is 12.1 Å². The number of carbonyl (C=O) groups is 1. The molecule has 0 aliphatic rings. The molecule has 5 heteroatoms. The molecular formula is C8H5ClN2O2. The van der Waals surface area contributed by atoms with E-state index >= 15 is 0 Å². The minimum absolute atomic E-state index is 0.111. The molecular weight excluding hydrogens is 192 g/mol. The summed E-state index contributed by atoms with van der Waals surface area (Å²) in [6.07, 6.45) is 1.42. The summed E-state index contributed by atoms with van der Waals surface area (Å²) in [6, 6.07) is 4.79. The highest BCUT2D eigenvalue weighted by atomic mass is 35.5. The maximum atomic E-state index is 10.8. The van der Waals surface area contributed by atoms with Crippen LogP contribution in [0.3, 0.4) is 0 Å². The standard InChI is InChI=1S/C8H5ClN2O2/c9-6-4-10-7-3-1-2-5(8(12)13)11(6)7/h1-4H,(H,12,13). The first kappa shape index (κ1) is 8.07. The number of aromatic carboxylic acids is 1.